The lowest BCUT2D eigenvalue weighted by Crippen LogP contribution is -2.49. The van der Waals surface area contributed by atoms with Crippen molar-refractivity contribution in [1.82, 2.24) is 19.7 Å². The molecule has 2 amide bonds. The first-order chi connectivity index (χ1) is 19.0. The maximum absolute atomic E-state index is 12.7. The molecular formula is C29H35N5O4S. The number of benzene rings is 2. The van der Waals surface area contributed by atoms with Crippen molar-refractivity contribution in [3.63, 3.8) is 0 Å². The van der Waals surface area contributed by atoms with E-state index in [-0.39, 0.29) is 12.0 Å². The largest absolute Gasteiger partial charge is 0.415 e. The summed E-state index contributed by atoms with van der Waals surface area (Å²) in [5.74, 6) is 0.271. The van der Waals surface area contributed by atoms with Gasteiger partial charge < -0.3 is 19.7 Å². The van der Waals surface area contributed by atoms with Crippen molar-refractivity contribution in [3.8, 4) is 5.75 Å². The van der Waals surface area contributed by atoms with Crippen LogP contribution in [0.1, 0.15) is 26.6 Å². The van der Waals surface area contributed by atoms with Crippen LogP contribution in [-0.2, 0) is 17.7 Å². The molecule has 1 aromatic heterocycles. The summed E-state index contributed by atoms with van der Waals surface area (Å²) in [7, 11) is 0. The number of nitrogens with one attached hydrogen (secondary N) is 1. The van der Waals surface area contributed by atoms with Crippen molar-refractivity contribution in [2.75, 3.05) is 64.3 Å². The van der Waals surface area contributed by atoms with E-state index in [4.69, 9.17) is 9.47 Å². The summed E-state index contributed by atoms with van der Waals surface area (Å²) in [5, 5.41) is 6.12. The summed E-state index contributed by atoms with van der Waals surface area (Å²) in [6, 6.07) is 14.6. The van der Waals surface area contributed by atoms with Crippen LogP contribution in [0.4, 0.5) is 10.5 Å². The Hall–Kier alpha value is -3.31. The number of anilines is 1. The fourth-order valence-electron chi connectivity index (χ4n) is 4.70. The van der Waals surface area contributed by atoms with Gasteiger partial charge in [-0.1, -0.05) is 12.1 Å². The number of piperazine rings is 1. The predicted molar refractivity (Wildman–Crippen MR) is 152 cm³/mol. The van der Waals surface area contributed by atoms with Gasteiger partial charge in [-0.3, -0.25) is 14.6 Å². The van der Waals surface area contributed by atoms with E-state index in [1.165, 1.54) is 5.56 Å². The van der Waals surface area contributed by atoms with E-state index in [0.717, 1.165) is 69.6 Å². The number of carbonyl (C=O) groups excluding carboxylic acids is 2. The van der Waals surface area contributed by atoms with Crippen LogP contribution in [0.15, 0.2) is 53.9 Å². The Bertz CT molecular complexity index is 1230. The lowest BCUT2D eigenvalue weighted by molar-refractivity contribution is 0.0342. The molecule has 5 rings (SSSR count). The van der Waals surface area contributed by atoms with Crippen molar-refractivity contribution >= 4 is 29.0 Å². The highest BCUT2D eigenvalue weighted by atomic mass is 32.1. The molecule has 10 heteroatoms. The highest BCUT2D eigenvalue weighted by Crippen LogP contribution is 2.19. The van der Waals surface area contributed by atoms with Crippen molar-refractivity contribution in [1.29, 1.82) is 0 Å². The van der Waals surface area contributed by atoms with Gasteiger partial charge in [0, 0.05) is 75.4 Å². The molecule has 0 bridgehead atoms. The van der Waals surface area contributed by atoms with Crippen LogP contribution >= 0.6 is 11.3 Å². The van der Waals surface area contributed by atoms with Crippen LogP contribution in [0.25, 0.3) is 0 Å². The molecule has 1 N–H and O–H groups in total. The lowest BCUT2D eigenvalue weighted by atomic mass is 10.1. The first kappa shape index (κ1) is 27.3. The normalized spacial score (nSPS) is 16.7. The number of ether oxygens (including phenoxy) is 2. The van der Waals surface area contributed by atoms with E-state index < -0.39 is 0 Å². The fraction of sp³-hybridized carbons (Fsp3) is 0.414. The van der Waals surface area contributed by atoms with Gasteiger partial charge in [0.05, 0.1) is 23.9 Å². The van der Waals surface area contributed by atoms with Gasteiger partial charge in [0.25, 0.3) is 5.91 Å². The Kier molecular flexibility index (Phi) is 9.20. The minimum Gasteiger partial charge on any atom is -0.410 e. The van der Waals surface area contributed by atoms with Gasteiger partial charge in [-0.25, -0.2) is 9.78 Å². The zero-order valence-corrected chi connectivity index (χ0v) is 23.1. The molecule has 0 saturated carbocycles. The first-order valence-corrected chi connectivity index (χ1v) is 14.3. The van der Waals surface area contributed by atoms with Crippen LogP contribution in [0.5, 0.6) is 5.75 Å². The molecule has 2 saturated heterocycles. The number of morpholine rings is 1. The average Bonchev–Trinajstić information content (AvgIpc) is 3.39. The van der Waals surface area contributed by atoms with E-state index in [2.05, 4.69) is 25.5 Å². The van der Waals surface area contributed by atoms with Crippen molar-refractivity contribution in [3.05, 3.63) is 75.7 Å². The molecule has 206 valence electrons. The molecule has 0 atom stereocenters. The van der Waals surface area contributed by atoms with E-state index in [9.17, 15) is 9.59 Å². The van der Waals surface area contributed by atoms with Gasteiger partial charge in [0.1, 0.15) is 5.75 Å². The summed E-state index contributed by atoms with van der Waals surface area (Å²) >= 11 is 1.68. The fourth-order valence-corrected chi connectivity index (χ4v) is 5.35. The molecule has 39 heavy (non-hydrogen) atoms. The van der Waals surface area contributed by atoms with Gasteiger partial charge >= 0.3 is 6.09 Å². The summed E-state index contributed by atoms with van der Waals surface area (Å²) < 4.78 is 11.0. The average molecular weight is 550 g/mol. The molecule has 3 heterocycles. The number of hydrogen-bond donors (Lipinski definition) is 1. The monoisotopic (exact) mass is 549 g/mol. The highest BCUT2D eigenvalue weighted by molar-refractivity contribution is 7.09. The number of carbonyl (C=O) groups is 2. The highest BCUT2D eigenvalue weighted by Gasteiger charge is 2.22. The summed E-state index contributed by atoms with van der Waals surface area (Å²) in [6.07, 6.45) is 0.580. The molecule has 2 aliphatic rings. The predicted octanol–water partition coefficient (Wildman–Crippen LogP) is 3.90. The molecule has 2 aliphatic heterocycles. The van der Waals surface area contributed by atoms with Crippen LogP contribution in [-0.4, -0.2) is 90.7 Å². The lowest BCUT2D eigenvalue weighted by Gasteiger charge is -2.33. The second-order valence-electron chi connectivity index (χ2n) is 9.87. The molecule has 0 spiro atoms. The molecule has 3 aromatic rings. The number of aromatic nitrogens is 1. The second kappa shape index (κ2) is 13.2. The zero-order valence-electron chi connectivity index (χ0n) is 22.3. The number of amides is 2. The Balaban J connectivity index is 1.04. The van der Waals surface area contributed by atoms with Crippen LogP contribution in [0.3, 0.4) is 0 Å². The number of hydrogen-bond acceptors (Lipinski definition) is 8. The quantitative estimate of drug-likeness (QED) is 0.456. The van der Waals surface area contributed by atoms with E-state index in [1.54, 1.807) is 40.5 Å². The number of rotatable bonds is 8. The molecular weight excluding hydrogens is 514 g/mol. The minimum atomic E-state index is -0.348. The standard InChI is InChI=1S/C29H35N5O4S/c1-22-30-26(21-39-22)10-11-32-12-14-34(15-13-32)29(36)38-27-8-6-25(7-9-27)31-28(35)24-4-2-23(3-5-24)20-33-16-18-37-19-17-33/h2-9,21H,10-20H2,1H3,(H,31,35). The van der Waals surface area contributed by atoms with Gasteiger partial charge in [0.2, 0.25) is 0 Å². The molecule has 2 aromatic carbocycles. The second-order valence-corrected chi connectivity index (χ2v) is 10.9. The summed E-state index contributed by atoms with van der Waals surface area (Å²) in [4.78, 5) is 36.3. The smallest absolute Gasteiger partial charge is 0.410 e. The summed E-state index contributed by atoms with van der Waals surface area (Å²) in [6.45, 7) is 10.1. The molecule has 9 nitrogen and oxygen atoms in total. The van der Waals surface area contributed by atoms with Crippen molar-refractivity contribution in [2.45, 2.75) is 19.9 Å². The topological polar surface area (TPSA) is 87.2 Å². The van der Waals surface area contributed by atoms with Gasteiger partial charge in [-0.2, -0.15) is 0 Å². The van der Waals surface area contributed by atoms with E-state index in [0.29, 0.717) is 30.1 Å². The number of aryl methyl sites for hydroxylation is 1. The van der Waals surface area contributed by atoms with Crippen LogP contribution in [0.2, 0.25) is 0 Å². The number of nitrogens with zero attached hydrogens (tertiary/aromatic N) is 4. The maximum atomic E-state index is 12.7. The van der Waals surface area contributed by atoms with Gasteiger partial charge in [-0.05, 0) is 48.9 Å². The SMILES string of the molecule is Cc1nc(CCN2CCN(C(=O)Oc3ccc(NC(=O)c4ccc(CN5CCOCC5)cc4)cc3)CC2)cs1. The first-order valence-electron chi connectivity index (χ1n) is 13.4. The van der Waals surface area contributed by atoms with Gasteiger partial charge in [0.15, 0.2) is 0 Å². The maximum Gasteiger partial charge on any atom is 0.415 e. The molecule has 0 unspecified atom stereocenters. The zero-order chi connectivity index (χ0) is 27.0. The summed E-state index contributed by atoms with van der Waals surface area (Å²) in [5.41, 5.74) is 3.54. The minimum absolute atomic E-state index is 0.180. The Morgan fingerprint density at radius 1 is 0.949 bits per heavy atom. The third kappa shape index (κ3) is 7.86. The Labute approximate surface area is 233 Å². The number of thiazole rings is 1. The third-order valence-electron chi connectivity index (χ3n) is 7.02. The molecule has 0 aliphatic carbocycles. The molecule has 0 radical (unpaired) electrons. The van der Waals surface area contributed by atoms with Crippen LogP contribution < -0.4 is 10.1 Å². The Morgan fingerprint density at radius 2 is 1.67 bits per heavy atom. The van der Waals surface area contributed by atoms with Crippen molar-refractivity contribution < 1.29 is 19.1 Å². The molecule has 2 fully saturated rings. The van der Waals surface area contributed by atoms with E-state index in [1.807, 2.05) is 31.2 Å². The van der Waals surface area contributed by atoms with Crippen LogP contribution in [0, 0.1) is 6.92 Å². The van der Waals surface area contributed by atoms with Crippen molar-refractivity contribution in [2.24, 2.45) is 0 Å². The Morgan fingerprint density at radius 3 is 2.33 bits per heavy atom. The van der Waals surface area contributed by atoms with E-state index >= 15 is 0 Å². The van der Waals surface area contributed by atoms with Gasteiger partial charge in [-0.15, -0.1) is 11.3 Å². The third-order valence-corrected chi connectivity index (χ3v) is 7.85.